The number of amides is 2. The molecule has 0 unspecified atom stereocenters. The third kappa shape index (κ3) is 4.80. The summed E-state index contributed by atoms with van der Waals surface area (Å²) >= 11 is 4.70. The number of aryl methyl sites for hydroxylation is 1. The Morgan fingerprint density at radius 2 is 2.00 bits per heavy atom. The molecule has 0 saturated carbocycles. The molecule has 10 heteroatoms. The van der Waals surface area contributed by atoms with Crippen molar-refractivity contribution in [3.8, 4) is 0 Å². The van der Waals surface area contributed by atoms with E-state index in [2.05, 4.69) is 21.2 Å². The van der Waals surface area contributed by atoms with E-state index in [4.69, 9.17) is 0 Å². The number of thiophene rings is 1. The van der Waals surface area contributed by atoms with E-state index in [1.165, 1.54) is 15.6 Å². The van der Waals surface area contributed by atoms with Gasteiger partial charge >= 0.3 is 0 Å². The molecule has 1 aromatic heterocycles. The lowest BCUT2D eigenvalue weighted by molar-refractivity contribution is -0.117. The highest BCUT2D eigenvalue weighted by atomic mass is 79.9. The van der Waals surface area contributed by atoms with E-state index < -0.39 is 10.0 Å². The van der Waals surface area contributed by atoms with E-state index in [1.54, 1.807) is 23.1 Å². The highest BCUT2D eigenvalue weighted by molar-refractivity contribution is 9.11. The predicted molar refractivity (Wildman–Crippen MR) is 126 cm³/mol. The van der Waals surface area contributed by atoms with Gasteiger partial charge in [0.2, 0.25) is 15.9 Å². The van der Waals surface area contributed by atoms with Crippen molar-refractivity contribution in [2.24, 2.45) is 0 Å². The van der Waals surface area contributed by atoms with Gasteiger partial charge in [-0.1, -0.05) is 6.42 Å². The van der Waals surface area contributed by atoms with Gasteiger partial charge in [0.05, 0.1) is 26.1 Å². The van der Waals surface area contributed by atoms with Gasteiger partial charge in [0.1, 0.15) is 0 Å². The number of benzene rings is 1. The van der Waals surface area contributed by atoms with E-state index in [9.17, 15) is 18.0 Å². The Labute approximate surface area is 194 Å². The van der Waals surface area contributed by atoms with Crippen molar-refractivity contribution >= 4 is 60.5 Å². The first-order chi connectivity index (χ1) is 14.7. The van der Waals surface area contributed by atoms with Crippen LogP contribution in [0.4, 0.5) is 11.4 Å². The maximum absolute atomic E-state index is 12.6. The smallest absolute Gasteiger partial charge is 0.261 e. The summed E-state index contributed by atoms with van der Waals surface area (Å²) in [4.78, 5) is 27.3. The van der Waals surface area contributed by atoms with Crippen LogP contribution in [0.3, 0.4) is 0 Å². The van der Waals surface area contributed by atoms with Gasteiger partial charge in [-0.25, -0.2) is 8.42 Å². The van der Waals surface area contributed by atoms with Crippen LogP contribution in [0.5, 0.6) is 0 Å². The summed E-state index contributed by atoms with van der Waals surface area (Å²) in [6.07, 6.45) is 2.67. The zero-order valence-electron chi connectivity index (χ0n) is 17.1. The van der Waals surface area contributed by atoms with Crippen LogP contribution in [-0.4, -0.2) is 45.1 Å². The van der Waals surface area contributed by atoms with Gasteiger partial charge in [-0.15, -0.1) is 11.3 Å². The Morgan fingerprint density at radius 3 is 2.71 bits per heavy atom. The Kier molecular flexibility index (Phi) is 6.41. The molecule has 4 rings (SSSR count). The first kappa shape index (κ1) is 22.3. The molecule has 166 valence electrons. The number of halogens is 1. The van der Waals surface area contributed by atoms with Crippen LogP contribution < -0.4 is 14.5 Å². The molecule has 0 bridgehead atoms. The summed E-state index contributed by atoms with van der Waals surface area (Å²) in [5.41, 5.74) is 2.20. The minimum atomic E-state index is -3.32. The van der Waals surface area contributed by atoms with Crippen LogP contribution in [0.25, 0.3) is 0 Å². The summed E-state index contributed by atoms with van der Waals surface area (Å²) < 4.78 is 27.6. The molecule has 3 heterocycles. The van der Waals surface area contributed by atoms with Crippen molar-refractivity contribution < 1.29 is 18.0 Å². The maximum atomic E-state index is 12.6. The number of carbonyl (C=O) groups excluding carboxylic acids is 2. The highest BCUT2D eigenvalue weighted by Crippen LogP contribution is 2.31. The molecule has 1 aromatic carbocycles. The average Bonchev–Trinajstić information content (AvgIpc) is 3.25. The summed E-state index contributed by atoms with van der Waals surface area (Å²) in [5, 5.41) is 2.93. The SMILES string of the molecule is Cc1cc(N2C[C@H](NC(=O)c3ccc(Br)s3)CC2=O)ccc1N1CCCCCS1(=O)=O. The second-order valence-corrected chi connectivity index (χ2v) is 12.4. The van der Waals surface area contributed by atoms with E-state index in [1.807, 2.05) is 19.1 Å². The molecule has 1 N–H and O–H groups in total. The van der Waals surface area contributed by atoms with Gasteiger partial charge in [-0.2, -0.15) is 0 Å². The Balaban J connectivity index is 1.49. The number of hydrogen-bond donors (Lipinski definition) is 1. The molecule has 2 amide bonds. The van der Waals surface area contributed by atoms with Gasteiger partial charge in [0.25, 0.3) is 5.91 Å². The highest BCUT2D eigenvalue weighted by Gasteiger charge is 2.33. The molecule has 2 saturated heterocycles. The van der Waals surface area contributed by atoms with Crippen LogP contribution in [0.1, 0.15) is 40.9 Å². The molecule has 31 heavy (non-hydrogen) atoms. The number of nitrogens with zero attached hydrogens (tertiary/aromatic N) is 2. The Bertz CT molecular complexity index is 1120. The van der Waals surface area contributed by atoms with Crippen molar-refractivity contribution in [2.75, 3.05) is 28.0 Å². The molecular weight excluding hydrogens is 502 g/mol. The lowest BCUT2D eigenvalue weighted by Gasteiger charge is -2.25. The zero-order chi connectivity index (χ0) is 22.2. The average molecular weight is 526 g/mol. The molecule has 0 spiro atoms. The number of rotatable bonds is 4. The van der Waals surface area contributed by atoms with Crippen molar-refractivity contribution in [1.82, 2.24) is 5.32 Å². The lowest BCUT2D eigenvalue weighted by atomic mass is 10.1. The van der Waals surface area contributed by atoms with Crippen molar-refractivity contribution in [2.45, 2.75) is 38.6 Å². The van der Waals surface area contributed by atoms with E-state index in [-0.39, 0.29) is 30.0 Å². The van der Waals surface area contributed by atoms with Crippen molar-refractivity contribution in [3.05, 3.63) is 44.6 Å². The fourth-order valence-corrected chi connectivity index (χ4v) is 7.06. The van der Waals surface area contributed by atoms with Crippen LogP contribution in [0.2, 0.25) is 0 Å². The fourth-order valence-electron chi connectivity index (χ4n) is 4.07. The maximum Gasteiger partial charge on any atom is 0.261 e. The van der Waals surface area contributed by atoms with E-state index in [0.717, 1.165) is 22.2 Å². The van der Waals surface area contributed by atoms with E-state index in [0.29, 0.717) is 35.8 Å². The first-order valence-electron chi connectivity index (χ1n) is 10.2. The molecule has 1 atom stereocenters. The molecule has 7 nitrogen and oxygen atoms in total. The van der Waals surface area contributed by atoms with Gasteiger partial charge < -0.3 is 10.2 Å². The van der Waals surface area contributed by atoms with Gasteiger partial charge in [-0.05, 0) is 71.6 Å². The van der Waals surface area contributed by atoms with Gasteiger partial charge in [0.15, 0.2) is 0 Å². The Morgan fingerprint density at radius 1 is 1.19 bits per heavy atom. The van der Waals surface area contributed by atoms with Gasteiger partial charge in [0, 0.05) is 25.2 Å². The lowest BCUT2D eigenvalue weighted by Crippen LogP contribution is -2.36. The van der Waals surface area contributed by atoms with Crippen LogP contribution >= 0.6 is 27.3 Å². The normalized spacial score (nSPS) is 21.2. The van der Waals surface area contributed by atoms with Crippen molar-refractivity contribution in [3.63, 3.8) is 0 Å². The number of carbonyl (C=O) groups is 2. The molecule has 2 aliphatic rings. The molecule has 2 aliphatic heterocycles. The molecule has 2 fully saturated rings. The second-order valence-electron chi connectivity index (χ2n) is 7.90. The fraction of sp³-hybridized carbons (Fsp3) is 0.429. The second kappa shape index (κ2) is 8.91. The minimum absolute atomic E-state index is 0.0628. The number of sulfonamides is 1. The largest absolute Gasteiger partial charge is 0.346 e. The minimum Gasteiger partial charge on any atom is -0.346 e. The van der Waals surface area contributed by atoms with Crippen LogP contribution in [0.15, 0.2) is 34.1 Å². The summed E-state index contributed by atoms with van der Waals surface area (Å²) in [5.74, 6) is -0.0819. The number of hydrogen-bond acceptors (Lipinski definition) is 5. The number of anilines is 2. The summed E-state index contributed by atoms with van der Waals surface area (Å²) in [7, 11) is -3.32. The summed E-state index contributed by atoms with van der Waals surface area (Å²) in [6.45, 7) is 2.74. The van der Waals surface area contributed by atoms with Crippen LogP contribution in [-0.2, 0) is 14.8 Å². The molecule has 0 radical (unpaired) electrons. The molecule has 0 aliphatic carbocycles. The van der Waals surface area contributed by atoms with E-state index >= 15 is 0 Å². The topological polar surface area (TPSA) is 86.8 Å². The molecule has 2 aromatic rings. The third-order valence-electron chi connectivity index (χ3n) is 5.62. The third-order valence-corrected chi connectivity index (χ3v) is 9.10. The molecular formula is C21H24BrN3O4S2. The Hall–Kier alpha value is -1.91. The standard InChI is InChI=1S/C21H24BrN3O4S2/c1-14-11-16(5-6-17(14)25-9-3-2-4-10-31(25,28)29)24-13-15(12-20(24)26)23-21(27)18-7-8-19(22)30-18/h5-8,11,15H,2-4,9-10,12-13H2,1H3,(H,23,27)/t15-/m1/s1. The monoisotopic (exact) mass is 525 g/mol. The quantitative estimate of drug-likeness (QED) is 0.659. The van der Waals surface area contributed by atoms with Gasteiger partial charge in [-0.3, -0.25) is 13.9 Å². The number of nitrogens with one attached hydrogen (secondary N) is 1. The zero-order valence-corrected chi connectivity index (χ0v) is 20.4. The predicted octanol–water partition coefficient (Wildman–Crippen LogP) is 3.67. The van der Waals surface area contributed by atoms with Crippen molar-refractivity contribution in [1.29, 1.82) is 0 Å². The summed E-state index contributed by atoms with van der Waals surface area (Å²) in [6, 6.07) is 8.73. The van der Waals surface area contributed by atoms with Crippen LogP contribution in [0, 0.1) is 6.92 Å². The first-order valence-corrected chi connectivity index (χ1v) is 13.4.